The van der Waals surface area contributed by atoms with E-state index in [4.69, 9.17) is 4.74 Å². The number of ether oxygens (including phenoxy) is 1. The maximum absolute atomic E-state index is 12.8. The SMILES string of the molecule is Cc1cccc(NC(=O)c2nc(Br)n3c2CN(C(=O)OC(C)(C)C)CC3)c1. The van der Waals surface area contributed by atoms with Gasteiger partial charge in [-0.1, -0.05) is 12.1 Å². The maximum Gasteiger partial charge on any atom is 0.410 e. The van der Waals surface area contributed by atoms with Gasteiger partial charge >= 0.3 is 6.09 Å². The molecule has 1 aliphatic heterocycles. The van der Waals surface area contributed by atoms with Crippen LogP contribution in [0.5, 0.6) is 0 Å². The van der Waals surface area contributed by atoms with E-state index < -0.39 is 11.7 Å². The topological polar surface area (TPSA) is 76.5 Å². The van der Waals surface area contributed by atoms with Gasteiger partial charge in [-0.05, 0) is 61.3 Å². The van der Waals surface area contributed by atoms with Gasteiger partial charge in [0.2, 0.25) is 0 Å². The number of nitrogens with zero attached hydrogens (tertiary/aromatic N) is 3. The summed E-state index contributed by atoms with van der Waals surface area (Å²) in [6, 6.07) is 7.56. The van der Waals surface area contributed by atoms with Gasteiger partial charge in [0.05, 0.1) is 12.2 Å². The number of carbonyl (C=O) groups excluding carboxylic acids is 2. The van der Waals surface area contributed by atoms with Crippen molar-refractivity contribution in [3.63, 3.8) is 0 Å². The molecule has 1 aromatic heterocycles. The molecular weight excluding hydrogens is 412 g/mol. The summed E-state index contributed by atoms with van der Waals surface area (Å²) < 4.78 is 7.94. The highest BCUT2D eigenvalue weighted by Gasteiger charge is 2.31. The lowest BCUT2D eigenvalue weighted by Crippen LogP contribution is -2.42. The number of halogens is 1. The predicted molar refractivity (Wildman–Crippen MR) is 106 cm³/mol. The summed E-state index contributed by atoms with van der Waals surface area (Å²) in [5.41, 5.74) is 2.18. The Kier molecular flexibility index (Phi) is 5.28. The molecule has 0 aliphatic carbocycles. The quantitative estimate of drug-likeness (QED) is 0.775. The number of aromatic nitrogens is 2. The van der Waals surface area contributed by atoms with Gasteiger partial charge in [-0.25, -0.2) is 9.78 Å². The van der Waals surface area contributed by atoms with Crippen LogP contribution in [-0.2, 0) is 17.8 Å². The van der Waals surface area contributed by atoms with E-state index in [1.54, 1.807) is 4.90 Å². The lowest BCUT2D eigenvalue weighted by Gasteiger charge is -2.31. The third-order valence-electron chi connectivity index (χ3n) is 4.10. The number of rotatable bonds is 2. The van der Waals surface area contributed by atoms with Crippen LogP contribution in [0.25, 0.3) is 0 Å². The Balaban J connectivity index is 1.81. The fraction of sp³-hybridized carbons (Fsp3) is 0.421. The van der Waals surface area contributed by atoms with Crippen molar-refractivity contribution in [3.05, 3.63) is 46.0 Å². The second-order valence-electron chi connectivity index (χ2n) is 7.55. The van der Waals surface area contributed by atoms with Crippen molar-refractivity contribution in [3.8, 4) is 0 Å². The Hall–Kier alpha value is -2.35. The summed E-state index contributed by atoms with van der Waals surface area (Å²) in [4.78, 5) is 31.1. The first-order valence-electron chi connectivity index (χ1n) is 8.75. The van der Waals surface area contributed by atoms with E-state index in [9.17, 15) is 9.59 Å². The maximum atomic E-state index is 12.8. The number of hydrogen-bond donors (Lipinski definition) is 1. The second kappa shape index (κ2) is 7.34. The second-order valence-corrected chi connectivity index (χ2v) is 8.26. The van der Waals surface area contributed by atoms with Gasteiger partial charge in [0.25, 0.3) is 5.91 Å². The molecule has 0 unspecified atom stereocenters. The van der Waals surface area contributed by atoms with Crippen LogP contribution in [0, 0.1) is 6.92 Å². The molecular formula is C19H23BrN4O3. The molecule has 3 rings (SSSR count). The van der Waals surface area contributed by atoms with Crippen molar-refractivity contribution >= 4 is 33.6 Å². The first-order valence-corrected chi connectivity index (χ1v) is 9.54. The van der Waals surface area contributed by atoms with Gasteiger partial charge in [-0.2, -0.15) is 0 Å². The molecule has 1 aromatic carbocycles. The molecule has 1 N–H and O–H groups in total. The monoisotopic (exact) mass is 434 g/mol. The highest BCUT2D eigenvalue weighted by molar-refractivity contribution is 9.10. The summed E-state index contributed by atoms with van der Waals surface area (Å²) in [6.07, 6.45) is -0.392. The van der Waals surface area contributed by atoms with Crippen molar-refractivity contribution in [2.45, 2.75) is 46.4 Å². The summed E-state index contributed by atoms with van der Waals surface area (Å²) in [5, 5.41) is 2.87. The molecule has 144 valence electrons. The predicted octanol–water partition coefficient (Wildman–Crippen LogP) is 3.96. The Morgan fingerprint density at radius 1 is 1.26 bits per heavy atom. The van der Waals surface area contributed by atoms with Crippen LogP contribution in [0.15, 0.2) is 29.0 Å². The van der Waals surface area contributed by atoms with E-state index in [1.165, 1.54) is 0 Å². The highest BCUT2D eigenvalue weighted by Crippen LogP contribution is 2.25. The average Bonchev–Trinajstić information content (AvgIpc) is 2.90. The Bertz CT molecular complexity index is 886. The molecule has 0 radical (unpaired) electrons. The van der Waals surface area contributed by atoms with Gasteiger partial charge in [-0.15, -0.1) is 0 Å². The molecule has 0 atom stereocenters. The Morgan fingerprint density at radius 2 is 2.00 bits per heavy atom. The third kappa shape index (κ3) is 4.50. The summed E-state index contributed by atoms with van der Waals surface area (Å²) in [5.74, 6) is -0.305. The first-order chi connectivity index (χ1) is 12.6. The number of amides is 2. The minimum absolute atomic E-state index is 0.268. The minimum atomic E-state index is -0.569. The van der Waals surface area contributed by atoms with E-state index in [1.807, 2.05) is 56.5 Å². The molecule has 27 heavy (non-hydrogen) atoms. The highest BCUT2D eigenvalue weighted by atomic mass is 79.9. The largest absolute Gasteiger partial charge is 0.444 e. The number of aryl methyl sites for hydroxylation is 1. The molecule has 0 saturated carbocycles. The molecule has 0 spiro atoms. The van der Waals surface area contributed by atoms with E-state index in [0.29, 0.717) is 34.9 Å². The van der Waals surface area contributed by atoms with Crippen LogP contribution < -0.4 is 5.32 Å². The van der Waals surface area contributed by atoms with Crippen LogP contribution in [0.4, 0.5) is 10.5 Å². The minimum Gasteiger partial charge on any atom is -0.444 e. The van der Waals surface area contributed by atoms with Crippen molar-refractivity contribution in [1.82, 2.24) is 14.5 Å². The number of anilines is 1. The van der Waals surface area contributed by atoms with Crippen molar-refractivity contribution in [2.75, 3.05) is 11.9 Å². The van der Waals surface area contributed by atoms with Crippen LogP contribution in [-0.4, -0.2) is 38.6 Å². The zero-order chi connectivity index (χ0) is 19.8. The average molecular weight is 435 g/mol. The molecule has 2 heterocycles. The zero-order valence-corrected chi connectivity index (χ0v) is 17.5. The molecule has 0 bridgehead atoms. The molecule has 2 aromatic rings. The van der Waals surface area contributed by atoms with Gasteiger partial charge in [0.1, 0.15) is 5.60 Å². The molecule has 8 heteroatoms. The zero-order valence-electron chi connectivity index (χ0n) is 15.9. The van der Waals surface area contributed by atoms with E-state index in [0.717, 1.165) is 5.56 Å². The van der Waals surface area contributed by atoms with Gasteiger partial charge < -0.3 is 19.5 Å². The number of imidazole rings is 1. The van der Waals surface area contributed by atoms with Crippen LogP contribution in [0.2, 0.25) is 0 Å². The van der Waals surface area contributed by atoms with Crippen LogP contribution in [0.1, 0.15) is 42.5 Å². The lowest BCUT2D eigenvalue weighted by molar-refractivity contribution is 0.0197. The van der Waals surface area contributed by atoms with Crippen LogP contribution >= 0.6 is 15.9 Å². The summed E-state index contributed by atoms with van der Waals surface area (Å²) in [7, 11) is 0. The summed E-state index contributed by atoms with van der Waals surface area (Å²) in [6.45, 7) is 8.76. The van der Waals surface area contributed by atoms with Crippen LogP contribution in [0.3, 0.4) is 0 Å². The van der Waals surface area contributed by atoms with E-state index in [-0.39, 0.29) is 12.5 Å². The third-order valence-corrected chi connectivity index (χ3v) is 4.71. The van der Waals surface area contributed by atoms with Crippen molar-refractivity contribution in [1.29, 1.82) is 0 Å². The number of hydrogen-bond acceptors (Lipinski definition) is 4. The number of benzene rings is 1. The molecule has 7 nitrogen and oxygen atoms in total. The van der Waals surface area contributed by atoms with Crippen molar-refractivity contribution < 1.29 is 14.3 Å². The fourth-order valence-electron chi connectivity index (χ4n) is 2.90. The molecule has 1 aliphatic rings. The van der Waals surface area contributed by atoms with Gasteiger partial charge in [-0.3, -0.25) is 4.79 Å². The number of carbonyl (C=O) groups is 2. The fourth-order valence-corrected chi connectivity index (χ4v) is 3.47. The van der Waals surface area contributed by atoms with Gasteiger partial charge in [0.15, 0.2) is 10.4 Å². The normalized spacial score (nSPS) is 13.9. The van der Waals surface area contributed by atoms with Crippen molar-refractivity contribution in [2.24, 2.45) is 0 Å². The first kappa shape index (κ1) is 19.4. The smallest absolute Gasteiger partial charge is 0.410 e. The standard InChI is InChI=1S/C19H23BrN4O3/c1-12-6-5-7-13(10-12)21-16(25)15-14-11-23(18(26)27-19(2,3)4)8-9-24(14)17(20)22-15/h5-7,10H,8-9,11H2,1-4H3,(H,21,25). The van der Waals surface area contributed by atoms with E-state index in [2.05, 4.69) is 26.2 Å². The Morgan fingerprint density at radius 3 is 2.67 bits per heavy atom. The molecule has 0 saturated heterocycles. The van der Waals surface area contributed by atoms with E-state index >= 15 is 0 Å². The lowest BCUT2D eigenvalue weighted by atomic mass is 10.2. The Labute approximate surface area is 166 Å². The molecule has 2 amide bonds. The number of nitrogens with one attached hydrogen (secondary N) is 1. The summed E-state index contributed by atoms with van der Waals surface area (Å²) >= 11 is 3.41. The molecule has 0 fully saturated rings. The van der Waals surface area contributed by atoms with Gasteiger partial charge in [0, 0.05) is 18.8 Å². The number of fused-ring (bicyclic) bond motifs is 1.